The van der Waals surface area contributed by atoms with Gasteiger partial charge in [0.15, 0.2) is 0 Å². The third kappa shape index (κ3) is 5.07. The molecule has 2 aliphatic heterocycles. The van der Waals surface area contributed by atoms with Crippen molar-refractivity contribution in [3.63, 3.8) is 0 Å². The molecule has 2 aromatic rings. The van der Waals surface area contributed by atoms with E-state index in [0.29, 0.717) is 19.6 Å². The van der Waals surface area contributed by atoms with Crippen molar-refractivity contribution in [3.8, 4) is 5.75 Å². The first-order valence-corrected chi connectivity index (χ1v) is 11.6. The zero-order valence-electron chi connectivity index (χ0n) is 19.1. The number of hydrogen-bond acceptors (Lipinski definition) is 4. The Bertz CT molecular complexity index is 892. The molecule has 2 heterocycles. The van der Waals surface area contributed by atoms with E-state index < -0.39 is 5.60 Å². The van der Waals surface area contributed by atoms with Crippen molar-refractivity contribution < 1.29 is 18.7 Å². The van der Waals surface area contributed by atoms with Crippen LogP contribution >= 0.6 is 0 Å². The molecule has 5 nitrogen and oxygen atoms in total. The molecular formula is C26H33FN2O3. The molecule has 0 aromatic heterocycles. The van der Waals surface area contributed by atoms with Gasteiger partial charge >= 0.3 is 6.09 Å². The van der Waals surface area contributed by atoms with E-state index in [1.807, 2.05) is 29.2 Å². The minimum absolute atomic E-state index is 0.0883. The van der Waals surface area contributed by atoms with Crippen LogP contribution in [-0.4, -0.2) is 54.3 Å². The fourth-order valence-electron chi connectivity index (χ4n) is 4.68. The number of carbonyl (C=O) groups is 1. The average molecular weight is 441 g/mol. The van der Waals surface area contributed by atoms with Gasteiger partial charge in [-0.1, -0.05) is 37.6 Å². The molecule has 0 N–H and O–H groups in total. The number of piperidine rings is 1. The van der Waals surface area contributed by atoms with E-state index in [1.165, 1.54) is 12.1 Å². The lowest BCUT2D eigenvalue weighted by atomic mass is 9.81. The Labute approximate surface area is 190 Å². The lowest BCUT2D eigenvalue weighted by Crippen LogP contribution is -2.52. The number of amides is 1. The Hall–Kier alpha value is -2.60. The quantitative estimate of drug-likeness (QED) is 0.540. The van der Waals surface area contributed by atoms with E-state index >= 15 is 0 Å². The summed E-state index contributed by atoms with van der Waals surface area (Å²) in [5, 5.41) is 0. The number of rotatable bonds is 8. The first-order chi connectivity index (χ1) is 15.5. The van der Waals surface area contributed by atoms with E-state index in [9.17, 15) is 9.18 Å². The van der Waals surface area contributed by atoms with Gasteiger partial charge in [0, 0.05) is 32.5 Å². The van der Waals surface area contributed by atoms with Gasteiger partial charge in [-0.2, -0.15) is 0 Å². The summed E-state index contributed by atoms with van der Waals surface area (Å²) in [7, 11) is 2.10. The van der Waals surface area contributed by atoms with Crippen LogP contribution in [0.25, 0.3) is 0 Å². The maximum atomic E-state index is 13.4. The molecule has 0 aliphatic carbocycles. The molecule has 1 atom stereocenters. The highest BCUT2D eigenvalue weighted by Crippen LogP contribution is 2.40. The Morgan fingerprint density at radius 3 is 2.38 bits per heavy atom. The smallest absolute Gasteiger partial charge is 0.411 e. The first-order valence-electron chi connectivity index (χ1n) is 11.6. The predicted molar refractivity (Wildman–Crippen MR) is 122 cm³/mol. The summed E-state index contributed by atoms with van der Waals surface area (Å²) in [4.78, 5) is 17.2. The summed E-state index contributed by atoms with van der Waals surface area (Å²) in [6.45, 7) is 5.12. The summed E-state index contributed by atoms with van der Waals surface area (Å²) in [5.41, 5.74) is 1.55. The summed E-state index contributed by atoms with van der Waals surface area (Å²) in [5.74, 6) is 0.598. The monoisotopic (exact) mass is 440 g/mol. The zero-order valence-corrected chi connectivity index (χ0v) is 19.1. The molecule has 4 rings (SSSR count). The highest BCUT2D eigenvalue weighted by Gasteiger charge is 2.54. The molecule has 172 valence electrons. The molecule has 0 saturated carbocycles. The highest BCUT2D eigenvalue weighted by molar-refractivity contribution is 5.72. The number of unbranched alkanes of at least 4 members (excludes halogenated alkanes) is 1. The van der Waals surface area contributed by atoms with Crippen LogP contribution in [0.1, 0.15) is 43.7 Å². The lowest BCUT2D eigenvalue weighted by Gasteiger charge is -2.40. The van der Waals surface area contributed by atoms with E-state index in [1.54, 1.807) is 12.1 Å². The van der Waals surface area contributed by atoms with E-state index in [-0.39, 0.29) is 18.0 Å². The third-order valence-electron chi connectivity index (χ3n) is 6.73. The van der Waals surface area contributed by atoms with Crippen molar-refractivity contribution in [2.75, 3.05) is 26.7 Å². The summed E-state index contributed by atoms with van der Waals surface area (Å²) < 4.78 is 25.3. The number of ether oxygens (including phenoxy) is 2. The van der Waals surface area contributed by atoms with Crippen molar-refractivity contribution in [1.82, 2.24) is 9.80 Å². The molecule has 0 bridgehead atoms. The molecule has 32 heavy (non-hydrogen) atoms. The molecule has 1 spiro atoms. The number of benzene rings is 2. The molecule has 1 unspecified atom stereocenters. The van der Waals surface area contributed by atoms with E-state index in [0.717, 1.165) is 55.6 Å². The van der Waals surface area contributed by atoms with Gasteiger partial charge in [0.2, 0.25) is 0 Å². The van der Waals surface area contributed by atoms with Gasteiger partial charge in [-0.15, -0.1) is 0 Å². The van der Waals surface area contributed by atoms with Crippen molar-refractivity contribution >= 4 is 6.09 Å². The van der Waals surface area contributed by atoms with Crippen LogP contribution in [0.3, 0.4) is 0 Å². The number of hydrogen-bond donors (Lipinski definition) is 0. The second-order valence-electron chi connectivity index (χ2n) is 9.06. The van der Waals surface area contributed by atoms with Gasteiger partial charge in [0.25, 0.3) is 0 Å². The van der Waals surface area contributed by atoms with E-state index in [4.69, 9.17) is 9.47 Å². The fourth-order valence-corrected chi connectivity index (χ4v) is 4.68. The molecule has 0 radical (unpaired) electrons. The van der Waals surface area contributed by atoms with Crippen LogP contribution in [0, 0.1) is 5.82 Å². The van der Waals surface area contributed by atoms with Gasteiger partial charge in [-0.3, -0.25) is 4.90 Å². The van der Waals surface area contributed by atoms with Crippen LogP contribution in [0.15, 0.2) is 48.5 Å². The van der Waals surface area contributed by atoms with Gasteiger partial charge in [-0.05, 0) is 55.3 Å². The zero-order chi connectivity index (χ0) is 22.6. The second kappa shape index (κ2) is 9.90. The average Bonchev–Trinajstić information content (AvgIpc) is 3.04. The number of likely N-dealkylation sites (tertiary alicyclic amines) is 1. The normalized spacial score (nSPS) is 20.5. The maximum absolute atomic E-state index is 13.4. The first kappa shape index (κ1) is 22.6. The standard InChI is InChI=1S/C26H33FN2O3/c1-3-4-17-31-23-11-7-21(8-12-23)19-29-24(18-20-5-9-22(27)10-6-20)26(32-25(29)30)13-15-28(2)16-14-26/h5-12,24H,3-4,13-19H2,1-2H3. The van der Waals surface area contributed by atoms with Gasteiger partial charge in [0.05, 0.1) is 12.6 Å². The number of halogens is 1. The minimum atomic E-state index is -0.499. The Morgan fingerprint density at radius 2 is 1.72 bits per heavy atom. The molecule has 1 amide bonds. The summed E-state index contributed by atoms with van der Waals surface area (Å²) in [6.07, 6.45) is 4.13. The maximum Gasteiger partial charge on any atom is 0.411 e. The fraction of sp³-hybridized carbons (Fsp3) is 0.500. The molecule has 2 fully saturated rings. The molecule has 6 heteroatoms. The van der Waals surface area contributed by atoms with Crippen LogP contribution in [0.2, 0.25) is 0 Å². The second-order valence-corrected chi connectivity index (χ2v) is 9.06. The van der Waals surface area contributed by atoms with Crippen molar-refractivity contribution in [2.45, 2.75) is 57.2 Å². The molecule has 2 aromatic carbocycles. The van der Waals surface area contributed by atoms with Gasteiger partial charge < -0.3 is 14.4 Å². The molecule has 2 aliphatic rings. The summed E-state index contributed by atoms with van der Waals surface area (Å²) >= 11 is 0. The van der Waals surface area contributed by atoms with Gasteiger partial charge in [0.1, 0.15) is 17.2 Å². The van der Waals surface area contributed by atoms with Crippen molar-refractivity contribution in [3.05, 3.63) is 65.5 Å². The largest absolute Gasteiger partial charge is 0.494 e. The van der Waals surface area contributed by atoms with Crippen molar-refractivity contribution in [2.24, 2.45) is 0 Å². The Balaban J connectivity index is 1.53. The van der Waals surface area contributed by atoms with Crippen molar-refractivity contribution in [1.29, 1.82) is 0 Å². The minimum Gasteiger partial charge on any atom is -0.494 e. The predicted octanol–water partition coefficient (Wildman–Crippen LogP) is 5.03. The topological polar surface area (TPSA) is 42.0 Å². The highest BCUT2D eigenvalue weighted by atomic mass is 19.1. The Morgan fingerprint density at radius 1 is 1.06 bits per heavy atom. The van der Waals surface area contributed by atoms with Gasteiger partial charge in [-0.25, -0.2) is 9.18 Å². The van der Waals surface area contributed by atoms with E-state index in [2.05, 4.69) is 18.9 Å². The lowest BCUT2D eigenvalue weighted by molar-refractivity contribution is -0.0165. The Kier molecular flexibility index (Phi) is 6.99. The molecule has 2 saturated heterocycles. The SMILES string of the molecule is CCCCOc1ccc(CN2C(=O)OC3(CCN(C)CC3)C2Cc2ccc(F)cc2)cc1. The van der Waals surface area contributed by atoms with Crippen LogP contribution in [-0.2, 0) is 17.7 Å². The number of nitrogens with zero attached hydrogens (tertiary/aromatic N) is 2. The van der Waals surface area contributed by atoms with Crippen LogP contribution < -0.4 is 4.74 Å². The summed E-state index contributed by atoms with van der Waals surface area (Å²) in [6, 6.07) is 14.5. The molecular weight excluding hydrogens is 407 g/mol. The van der Waals surface area contributed by atoms with Crippen LogP contribution in [0.5, 0.6) is 5.75 Å². The number of carbonyl (C=O) groups excluding carboxylic acids is 1. The third-order valence-corrected chi connectivity index (χ3v) is 6.73. The van der Waals surface area contributed by atoms with Crippen LogP contribution in [0.4, 0.5) is 9.18 Å².